The molecule has 0 atom stereocenters. The molecule has 30 heavy (non-hydrogen) atoms. The Kier molecular flexibility index (Phi) is 4.92. The standard InChI is InChI=1S/C22H21N5O2S/c1-14-24-25-22(29-14)19-13-20(15-7-8-15)27(26-19)17-5-2-4-16(12-17)21(28)23-10-9-18-6-3-11-30-18/h2-6,11-13,15H,7-10H2,1H3,(H,23,28). The number of rotatable bonds is 7. The summed E-state index contributed by atoms with van der Waals surface area (Å²) in [5, 5.41) is 17.8. The van der Waals surface area contributed by atoms with Crippen molar-refractivity contribution in [3.8, 4) is 17.3 Å². The predicted molar refractivity (Wildman–Crippen MR) is 114 cm³/mol. The fraction of sp³-hybridized carbons (Fsp3) is 0.273. The van der Waals surface area contributed by atoms with E-state index in [0.29, 0.717) is 35.5 Å². The van der Waals surface area contributed by atoms with Gasteiger partial charge in [0.15, 0.2) is 0 Å². The third-order valence-electron chi connectivity index (χ3n) is 5.07. The van der Waals surface area contributed by atoms with E-state index >= 15 is 0 Å². The summed E-state index contributed by atoms with van der Waals surface area (Å²) in [7, 11) is 0. The van der Waals surface area contributed by atoms with Crippen LogP contribution in [0.3, 0.4) is 0 Å². The molecule has 3 heterocycles. The van der Waals surface area contributed by atoms with Crippen LogP contribution in [0.4, 0.5) is 0 Å². The van der Waals surface area contributed by atoms with Gasteiger partial charge < -0.3 is 9.73 Å². The average molecular weight is 420 g/mol. The summed E-state index contributed by atoms with van der Waals surface area (Å²) >= 11 is 1.70. The number of hydrogen-bond acceptors (Lipinski definition) is 6. The van der Waals surface area contributed by atoms with Crippen molar-refractivity contribution in [2.75, 3.05) is 6.54 Å². The van der Waals surface area contributed by atoms with Crippen LogP contribution in [0.2, 0.25) is 0 Å². The van der Waals surface area contributed by atoms with E-state index in [2.05, 4.69) is 21.6 Å². The zero-order valence-electron chi connectivity index (χ0n) is 16.5. The molecule has 3 aromatic heterocycles. The molecule has 0 spiro atoms. The van der Waals surface area contributed by atoms with Gasteiger partial charge in [0.05, 0.1) is 5.69 Å². The summed E-state index contributed by atoms with van der Waals surface area (Å²) in [6, 6.07) is 13.7. The fourth-order valence-electron chi connectivity index (χ4n) is 3.41. The summed E-state index contributed by atoms with van der Waals surface area (Å²) in [5.74, 6) is 1.31. The Labute approximate surface area is 177 Å². The van der Waals surface area contributed by atoms with Crippen molar-refractivity contribution in [2.24, 2.45) is 0 Å². The van der Waals surface area contributed by atoms with Gasteiger partial charge >= 0.3 is 0 Å². The van der Waals surface area contributed by atoms with Crippen molar-refractivity contribution in [3.05, 3.63) is 69.9 Å². The predicted octanol–water partition coefficient (Wildman–Crippen LogP) is 4.14. The Morgan fingerprint density at radius 3 is 2.87 bits per heavy atom. The summed E-state index contributed by atoms with van der Waals surface area (Å²) in [5.41, 5.74) is 3.23. The second-order valence-corrected chi connectivity index (χ2v) is 8.43. The lowest BCUT2D eigenvalue weighted by Gasteiger charge is -2.09. The third-order valence-corrected chi connectivity index (χ3v) is 6.00. The minimum absolute atomic E-state index is 0.0821. The fourth-order valence-corrected chi connectivity index (χ4v) is 4.12. The summed E-state index contributed by atoms with van der Waals surface area (Å²) in [6.45, 7) is 2.37. The van der Waals surface area contributed by atoms with Crippen LogP contribution in [-0.4, -0.2) is 32.4 Å². The van der Waals surface area contributed by atoms with Crippen LogP contribution in [-0.2, 0) is 6.42 Å². The van der Waals surface area contributed by atoms with Crippen molar-refractivity contribution in [2.45, 2.75) is 32.1 Å². The van der Waals surface area contributed by atoms with Gasteiger partial charge in [0, 0.05) is 35.5 Å². The van der Waals surface area contributed by atoms with Crippen molar-refractivity contribution in [1.82, 2.24) is 25.3 Å². The Balaban J connectivity index is 1.38. The van der Waals surface area contributed by atoms with Crippen LogP contribution in [0.5, 0.6) is 0 Å². The van der Waals surface area contributed by atoms with Crippen LogP contribution < -0.4 is 5.32 Å². The Morgan fingerprint density at radius 1 is 1.23 bits per heavy atom. The molecule has 1 fully saturated rings. The van der Waals surface area contributed by atoms with Gasteiger partial charge in [-0.1, -0.05) is 12.1 Å². The molecule has 1 N–H and O–H groups in total. The van der Waals surface area contributed by atoms with Gasteiger partial charge in [-0.3, -0.25) is 4.79 Å². The number of nitrogens with zero attached hydrogens (tertiary/aromatic N) is 4. The Morgan fingerprint density at radius 2 is 2.13 bits per heavy atom. The van der Waals surface area contributed by atoms with E-state index in [1.807, 2.05) is 46.5 Å². The first-order chi connectivity index (χ1) is 14.7. The first-order valence-electron chi connectivity index (χ1n) is 9.99. The van der Waals surface area contributed by atoms with E-state index < -0.39 is 0 Å². The summed E-state index contributed by atoms with van der Waals surface area (Å²) in [6.07, 6.45) is 3.11. The van der Waals surface area contributed by atoms with Crippen LogP contribution in [0.1, 0.15) is 45.6 Å². The number of carbonyl (C=O) groups excluding carboxylic acids is 1. The number of nitrogens with one attached hydrogen (secondary N) is 1. The second kappa shape index (κ2) is 7.87. The van der Waals surface area contributed by atoms with Gasteiger partial charge in [-0.25, -0.2) is 4.68 Å². The normalized spacial score (nSPS) is 13.5. The minimum atomic E-state index is -0.0821. The smallest absolute Gasteiger partial charge is 0.268 e. The third kappa shape index (κ3) is 3.91. The first kappa shape index (κ1) is 18.7. The second-order valence-electron chi connectivity index (χ2n) is 7.40. The molecule has 5 rings (SSSR count). The zero-order chi connectivity index (χ0) is 20.5. The highest BCUT2D eigenvalue weighted by Gasteiger charge is 2.30. The van der Waals surface area contributed by atoms with Crippen LogP contribution in [0.15, 0.2) is 52.3 Å². The highest BCUT2D eigenvalue weighted by Crippen LogP contribution is 2.42. The van der Waals surface area contributed by atoms with Crippen molar-refractivity contribution >= 4 is 17.2 Å². The molecule has 7 nitrogen and oxygen atoms in total. The molecule has 1 aliphatic rings. The number of carbonyl (C=O) groups is 1. The number of benzene rings is 1. The average Bonchev–Trinajstić information content (AvgIpc) is 3.14. The molecule has 0 aliphatic heterocycles. The molecule has 0 saturated heterocycles. The minimum Gasteiger partial charge on any atom is -0.420 e. The SMILES string of the molecule is Cc1nnc(-c2cc(C3CC3)n(-c3cccc(C(=O)NCCc4cccs4)c3)n2)o1. The maximum Gasteiger partial charge on any atom is 0.268 e. The lowest BCUT2D eigenvalue weighted by atomic mass is 10.1. The van der Waals surface area contributed by atoms with Crippen molar-refractivity contribution < 1.29 is 9.21 Å². The molecule has 1 saturated carbocycles. The van der Waals surface area contributed by atoms with Gasteiger partial charge in [-0.2, -0.15) is 5.10 Å². The van der Waals surface area contributed by atoms with Crippen molar-refractivity contribution in [3.63, 3.8) is 0 Å². The molecular formula is C22H21N5O2S. The van der Waals surface area contributed by atoms with E-state index in [1.165, 1.54) is 4.88 Å². The molecule has 1 amide bonds. The van der Waals surface area contributed by atoms with Crippen LogP contribution in [0.25, 0.3) is 17.3 Å². The molecule has 1 aromatic carbocycles. The quantitative estimate of drug-likeness (QED) is 0.486. The number of aromatic nitrogens is 4. The molecular weight excluding hydrogens is 398 g/mol. The van der Waals surface area contributed by atoms with Gasteiger partial charge in [0.25, 0.3) is 11.8 Å². The Bertz CT molecular complexity index is 1170. The molecule has 152 valence electrons. The van der Waals surface area contributed by atoms with E-state index in [9.17, 15) is 4.79 Å². The van der Waals surface area contributed by atoms with Crippen molar-refractivity contribution in [1.29, 1.82) is 0 Å². The van der Waals surface area contributed by atoms with E-state index in [-0.39, 0.29) is 5.91 Å². The molecule has 4 aromatic rings. The number of amides is 1. The highest BCUT2D eigenvalue weighted by atomic mass is 32.1. The number of hydrogen-bond donors (Lipinski definition) is 1. The van der Waals surface area contributed by atoms with E-state index in [0.717, 1.165) is 30.6 Å². The number of aryl methyl sites for hydroxylation is 1. The van der Waals surface area contributed by atoms with Gasteiger partial charge in [0.2, 0.25) is 5.89 Å². The molecule has 0 bridgehead atoms. The molecule has 8 heteroatoms. The molecule has 0 radical (unpaired) electrons. The lowest BCUT2D eigenvalue weighted by Crippen LogP contribution is -2.25. The van der Waals surface area contributed by atoms with Gasteiger partial charge in [0.1, 0.15) is 5.69 Å². The topological polar surface area (TPSA) is 85.8 Å². The molecule has 1 aliphatic carbocycles. The maximum atomic E-state index is 12.6. The summed E-state index contributed by atoms with van der Waals surface area (Å²) < 4.78 is 7.45. The number of thiophene rings is 1. The first-order valence-corrected chi connectivity index (χ1v) is 10.9. The van der Waals surface area contributed by atoms with E-state index in [1.54, 1.807) is 18.3 Å². The lowest BCUT2D eigenvalue weighted by molar-refractivity contribution is 0.0954. The monoisotopic (exact) mass is 419 g/mol. The Hall–Kier alpha value is -3.26. The van der Waals surface area contributed by atoms with Crippen LogP contribution >= 0.6 is 11.3 Å². The highest BCUT2D eigenvalue weighted by molar-refractivity contribution is 7.09. The largest absolute Gasteiger partial charge is 0.420 e. The van der Waals surface area contributed by atoms with Gasteiger partial charge in [-0.15, -0.1) is 21.5 Å². The van der Waals surface area contributed by atoms with Gasteiger partial charge in [-0.05, 0) is 55.0 Å². The zero-order valence-corrected chi connectivity index (χ0v) is 17.4. The molecule has 0 unspecified atom stereocenters. The maximum absolute atomic E-state index is 12.6. The van der Waals surface area contributed by atoms with Crippen LogP contribution in [0, 0.1) is 6.92 Å². The van der Waals surface area contributed by atoms with E-state index in [4.69, 9.17) is 9.52 Å². The summed E-state index contributed by atoms with van der Waals surface area (Å²) in [4.78, 5) is 13.9.